The van der Waals surface area contributed by atoms with Gasteiger partial charge in [-0.15, -0.1) is 13.2 Å². The van der Waals surface area contributed by atoms with Gasteiger partial charge in [-0.1, -0.05) is 28.1 Å². The number of alkyl halides is 1. The fourth-order valence-electron chi connectivity index (χ4n) is 6.44. The quantitative estimate of drug-likeness (QED) is 0.176. The van der Waals surface area contributed by atoms with E-state index in [1.54, 1.807) is 57.4 Å². The molecule has 43 heavy (non-hydrogen) atoms. The monoisotopic (exact) mass is 661 g/mol. The lowest BCUT2D eigenvalue weighted by atomic mass is 9.70. The summed E-state index contributed by atoms with van der Waals surface area (Å²) in [5, 5.41) is 12.9. The number of ether oxygens (including phenoxy) is 3. The van der Waals surface area contributed by atoms with Crippen LogP contribution in [0.5, 0.6) is 5.75 Å². The van der Waals surface area contributed by atoms with Crippen LogP contribution in [0, 0.1) is 11.8 Å². The SMILES string of the molecule is C=CCCC(=O)NC[C@@H](C)OC(=O)[C@H]1[C@@H]2O[C@@]3(CC2Br)[C@@H]1C(=O)N([C@H](C)CO)[C@@H]3C(=O)N(CC=C)c1ccc(OC)cc1. The number of carbonyl (C=O) groups excluding carboxylic acids is 4. The number of likely N-dealkylation sites (tertiary alicyclic amines) is 1. The first-order valence-electron chi connectivity index (χ1n) is 14.4. The van der Waals surface area contributed by atoms with Crippen LogP contribution in [0.25, 0.3) is 0 Å². The third-order valence-corrected chi connectivity index (χ3v) is 9.26. The molecule has 1 spiro atoms. The molecule has 8 atom stereocenters. The van der Waals surface area contributed by atoms with Crippen molar-refractivity contribution in [1.29, 1.82) is 0 Å². The summed E-state index contributed by atoms with van der Waals surface area (Å²) < 4.78 is 17.5. The number of esters is 1. The lowest BCUT2D eigenvalue weighted by Gasteiger charge is -2.38. The minimum atomic E-state index is -1.33. The summed E-state index contributed by atoms with van der Waals surface area (Å²) in [6.45, 7) is 10.6. The van der Waals surface area contributed by atoms with Gasteiger partial charge in [0.2, 0.25) is 11.8 Å². The lowest BCUT2D eigenvalue weighted by molar-refractivity contribution is -0.159. The molecule has 0 aromatic heterocycles. The molecule has 0 saturated carbocycles. The number of nitrogens with one attached hydrogen (secondary N) is 1. The molecule has 12 heteroatoms. The molecule has 3 fully saturated rings. The van der Waals surface area contributed by atoms with Crippen molar-refractivity contribution in [2.24, 2.45) is 11.8 Å². The van der Waals surface area contributed by atoms with Crippen LogP contribution in [-0.2, 0) is 28.7 Å². The van der Waals surface area contributed by atoms with Gasteiger partial charge in [0.25, 0.3) is 5.91 Å². The molecule has 2 N–H and O–H groups in total. The van der Waals surface area contributed by atoms with Gasteiger partial charge in [0.1, 0.15) is 23.5 Å². The largest absolute Gasteiger partial charge is 0.497 e. The molecule has 11 nitrogen and oxygen atoms in total. The molecule has 3 heterocycles. The Morgan fingerprint density at radius 3 is 2.56 bits per heavy atom. The smallest absolute Gasteiger partial charge is 0.312 e. The number of aliphatic hydroxyl groups excluding tert-OH is 1. The van der Waals surface area contributed by atoms with Crippen LogP contribution in [0.15, 0.2) is 49.6 Å². The van der Waals surface area contributed by atoms with Gasteiger partial charge in [-0.3, -0.25) is 19.2 Å². The summed E-state index contributed by atoms with van der Waals surface area (Å²) >= 11 is 3.64. The second-order valence-corrected chi connectivity index (χ2v) is 12.4. The Morgan fingerprint density at radius 2 is 1.95 bits per heavy atom. The maximum atomic E-state index is 14.5. The van der Waals surface area contributed by atoms with Gasteiger partial charge in [-0.2, -0.15) is 0 Å². The van der Waals surface area contributed by atoms with Crippen LogP contribution in [0.2, 0.25) is 0 Å². The number of allylic oxidation sites excluding steroid dienone is 1. The predicted octanol–water partition coefficient (Wildman–Crippen LogP) is 2.36. The molecule has 0 aliphatic carbocycles. The lowest BCUT2D eigenvalue weighted by Crippen LogP contribution is -2.58. The van der Waals surface area contributed by atoms with Crippen molar-refractivity contribution in [2.45, 2.75) is 67.8 Å². The Bertz CT molecular complexity index is 1240. The van der Waals surface area contributed by atoms with Crippen LogP contribution in [0.3, 0.4) is 0 Å². The van der Waals surface area contributed by atoms with E-state index in [-0.39, 0.29) is 36.9 Å². The van der Waals surface area contributed by atoms with Gasteiger partial charge in [0.05, 0.1) is 44.2 Å². The fourth-order valence-corrected chi connectivity index (χ4v) is 7.38. The van der Waals surface area contributed by atoms with Crippen LogP contribution >= 0.6 is 15.9 Å². The highest BCUT2D eigenvalue weighted by atomic mass is 79.9. The fraction of sp³-hybridized carbons (Fsp3) is 0.548. The van der Waals surface area contributed by atoms with Gasteiger partial charge in [-0.25, -0.2) is 0 Å². The molecule has 1 aromatic carbocycles. The molecule has 1 unspecified atom stereocenters. The number of methoxy groups -OCH3 is 1. The third-order valence-electron chi connectivity index (χ3n) is 8.41. The highest BCUT2D eigenvalue weighted by molar-refractivity contribution is 9.09. The zero-order valence-electron chi connectivity index (χ0n) is 24.7. The van der Waals surface area contributed by atoms with E-state index in [2.05, 4.69) is 34.4 Å². The number of aliphatic hydroxyl groups is 1. The number of hydrogen-bond donors (Lipinski definition) is 2. The third kappa shape index (κ3) is 6.09. The normalized spacial score (nSPS) is 28.5. The van der Waals surface area contributed by atoms with E-state index >= 15 is 0 Å². The molecule has 1 aromatic rings. The van der Waals surface area contributed by atoms with Crippen molar-refractivity contribution in [3.63, 3.8) is 0 Å². The molecule has 3 aliphatic heterocycles. The van der Waals surface area contributed by atoms with Crippen LogP contribution in [0.1, 0.15) is 33.1 Å². The van der Waals surface area contributed by atoms with Crippen LogP contribution in [0.4, 0.5) is 5.69 Å². The minimum absolute atomic E-state index is 0.106. The molecule has 2 bridgehead atoms. The van der Waals surface area contributed by atoms with Gasteiger partial charge in [0.15, 0.2) is 0 Å². The van der Waals surface area contributed by atoms with E-state index in [1.807, 2.05) is 0 Å². The van der Waals surface area contributed by atoms with Crippen molar-refractivity contribution in [3.05, 3.63) is 49.6 Å². The number of amides is 3. The highest BCUT2D eigenvalue weighted by Crippen LogP contribution is 2.60. The maximum Gasteiger partial charge on any atom is 0.312 e. The van der Waals surface area contributed by atoms with Crippen LogP contribution in [-0.4, -0.2) is 95.2 Å². The molecular formula is C31H40BrN3O8. The van der Waals surface area contributed by atoms with Gasteiger partial charge < -0.3 is 34.4 Å². The number of anilines is 1. The van der Waals surface area contributed by atoms with Crippen molar-refractivity contribution < 1.29 is 38.5 Å². The van der Waals surface area contributed by atoms with E-state index in [9.17, 15) is 24.3 Å². The summed E-state index contributed by atoms with van der Waals surface area (Å²) in [4.78, 5) is 56.9. The average Bonchev–Trinajstić information content (AvgIpc) is 3.60. The van der Waals surface area contributed by atoms with E-state index in [4.69, 9.17) is 14.2 Å². The number of nitrogens with zero attached hydrogens (tertiary/aromatic N) is 2. The summed E-state index contributed by atoms with van der Waals surface area (Å²) in [7, 11) is 1.55. The first-order valence-corrected chi connectivity index (χ1v) is 15.3. The Balaban J connectivity index is 1.64. The zero-order valence-corrected chi connectivity index (χ0v) is 26.3. The standard InChI is InChI=1S/C31H40BrN3O8/c1-6-8-9-23(37)33-16-19(4)42-30(40)24-25-28(38)35(18(3)17-36)27(31(25)15-22(32)26(24)43-31)29(39)34(14-7-2)20-10-12-21(41-5)13-11-20/h6-7,10-13,18-19,22,24-27,36H,1-2,8-9,14-17H2,3-5H3,(H,33,37)/t18-,19-,22?,24-,25+,26-,27-,31+/m1/s1. The van der Waals surface area contributed by atoms with Crippen molar-refractivity contribution in [2.75, 3.05) is 31.7 Å². The predicted molar refractivity (Wildman–Crippen MR) is 163 cm³/mol. The number of fused-ring (bicyclic) bond motifs is 1. The van der Waals surface area contributed by atoms with Crippen molar-refractivity contribution in [3.8, 4) is 5.75 Å². The number of halogens is 1. The second kappa shape index (κ2) is 13.6. The van der Waals surface area contributed by atoms with Gasteiger partial charge >= 0.3 is 5.97 Å². The molecule has 3 amide bonds. The summed E-state index contributed by atoms with van der Waals surface area (Å²) in [6.07, 6.45) is 2.99. The molecule has 3 saturated heterocycles. The Hall–Kier alpha value is -3.22. The number of hydrogen-bond acceptors (Lipinski definition) is 8. The van der Waals surface area contributed by atoms with Gasteiger partial charge in [-0.05, 0) is 51.0 Å². The number of benzene rings is 1. The Labute approximate surface area is 260 Å². The summed E-state index contributed by atoms with van der Waals surface area (Å²) in [6, 6.07) is 5.11. The molecule has 3 aliphatic rings. The minimum Gasteiger partial charge on any atom is -0.497 e. The van der Waals surface area contributed by atoms with E-state index < -0.39 is 59.5 Å². The molecule has 0 radical (unpaired) electrons. The highest BCUT2D eigenvalue weighted by Gasteiger charge is 2.77. The van der Waals surface area contributed by atoms with E-state index in [0.717, 1.165) is 0 Å². The molecule has 234 valence electrons. The molecular weight excluding hydrogens is 622 g/mol. The summed E-state index contributed by atoms with van der Waals surface area (Å²) in [5.41, 5.74) is -0.758. The van der Waals surface area contributed by atoms with E-state index in [0.29, 0.717) is 24.3 Å². The van der Waals surface area contributed by atoms with E-state index in [1.165, 1.54) is 9.80 Å². The Morgan fingerprint density at radius 1 is 1.26 bits per heavy atom. The van der Waals surface area contributed by atoms with Crippen molar-refractivity contribution >= 4 is 45.3 Å². The Kier molecular flexibility index (Phi) is 10.3. The average molecular weight is 663 g/mol. The topological polar surface area (TPSA) is 135 Å². The second-order valence-electron chi connectivity index (χ2n) is 11.3. The first-order chi connectivity index (χ1) is 20.5. The van der Waals surface area contributed by atoms with Gasteiger partial charge in [0, 0.05) is 23.5 Å². The first kappa shape index (κ1) is 32.7. The van der Waals surface area contributed by atoms with Crippen molar-refractivity contribution in [1.82, 2.24) is 10.2 Å². The number of rotatable bonds is 14. The zero-order chi connectivity index (χ0) is 31.5. The molecule has 4 rings (SSSR count). The maximum absolute atomic E-state index is 14.5. The number of carbonyl (C=O) groups is 4. The summed E-state index contributed by atoms with van der Waals surface area (Å²) in [5.74, 6) is -3.03. The van der Waals surface area contributed by atoms with Crippen LogP contribution < -0.4 is 15.0 Å².